The summed E-state index contributed by atoms with van der Waals surface area (Å²) in [5.74, 6) is -5.34. The Morgan fingerprint density at radius 3 is 0.946 bits per heavy atom. The summed E-state index contributed by atoms with van der Waals surface area (Å²) >= 11 is 0. The van der Waals surface area contributed by atoms with Gasteiger partial charge in [-0.2, -0.15) is 26.3 Å². The first-order valence-corrected chi connectivity index (χ1v) is 20.1. The Morgan fingerprint density at radius 1 is 0.464 bits per heavy atom. The summed E-state index contributed by atoms with van der Waals surface area (Å²) in [5, 5.41) is 13.3. The van der Waals surface area contributed by atoms with Crippen LogP contribution in [-0.4, -0.2) is 23.2 Å². The maximum absolute atomic E-state index is 14.0. The van der Waals surface area contributed by atoms with Gasteiger partial charge < -0.3 is 14.2 Å². The molecule has 1 radical (unpaired) electrons. The maximum Gasteiger partial charge on any atom is 0.454 e. The number of rotatable bonds is 7. The second kappa shape index (κ2) is 20.5. The van der Waals surface area contributed by atoms with E-state index in [2.05, 4.69) is 0 Å². The fraction of sp³-hybridized carbons (Fsp3) is 0.0930. The van der Waals surface area contributed by atoms with Crippen LogP contribution in [0.1, 0.15) is 11.1 Å². The van der Waals surface area contributed by atoms with E-state index in [1.54, 1.807) is 0 Å². The summed E-state index contributed by atoms with van der Waals surface area (Å²) in [6.45, 7) is 4.04. The number of allylic oxidation sites excluding steroid dienone is 2. The van der Waals surface area contributed by atoms with Crippen molar-refractivity contribution in [1.29, 1.82) is 0 Å². The van der Waals surface area contributed by atoms with Gasteiger partial charge in [0.05, 0.1) is 0 Å². The van der Waals surface area contributed by atoms with Gasteiger partial charge in [-0.25, -0.2) is 0 Å². The number of hydrogen-bond donors (Lipinski definition) is 1. The standard InChI is InChI=1S/2C19H17OP.C5H2F6O2.Eu/c2*1-16-10-8-9-15-19(16)21(20,17-11-4-2-5-12-17)18-13-6-3-7-14-18;6-4(7,8)2(12)1-3(13)5(9,10)11;/h2*2-15H,1H3;1,12H;/b;;2-1-;. The number of carbonyl (C=O) groups is 1. The van der Waals surface area contributed by atoms with Gasteiger partial charge in [0.2, 0.25) is 5.76 Å². The molecule has 6 aromatic carbocycles. The molecular formula is C43H36EuF6O4P2. The molecular weight excluding hydrogens is 908 g/mol. The predicted molar refractivity (Wildman–Crippen MR) is 209 cm³/mol. The van der Waals surface area contributed by atoms with Crippen molar-refractivity contribution in [2.45, 2.75) is 26.2 Å². The van der Waals surface area contributed by atoms with Crippen LogP contribution in [0.15, 0.2) is 182 Å². The van der Waals surface area contributed by atoms with Crippen LogP contribution >= 0.6 is 14.3 Å². The first-order chi connectivity index (χ1) is 26.0. The molecule has 4 nitrogen and oxygen atoms in total. The smallest absolute Gasteiger partial charge is 0.454 e. The quantitative estimate of drug-likeness (QED) is 0.0750. The van der Waals surface area contributed by atoms with Gasteiger partial charge in [0, 0.05) is 87.3 Å². The Bertz CT molecular complexity index is 2080. The summed E-state index contributed by atoms with van der Waals surface area (Å²) in [5.41, 5.74) is 2.13. The van der Waals surface area contributed by atoms with Gasteiger partial charge in [-0.05, 0) is 25.0 Å². The van der Waals surface area contributed by atoms with Gasteiger partial charge in [-0.15, -0.1) is 0 Å². The molecule has 0 fully saturated rings. The third-order valence-corrected chi connectivity index (χ3v) is 14.7. The SMILES string of the molecule is Cc1ccccc1P(=O)(c1ccccc1)c1ccccc1.Cc1ccccc1P(=O)(c1ccccc1)c1ccccc1.O=C(/C=C(\O)C(F)(F)F)C(F)(F)F.[Eu]. The summed E-state index contributed by atoms with van der Waals surface area (Å²) in [4.78, 5) is 9.86. The Labute approximate surface area is 362 Å². The van der Waals surface area contributed by atoms with Gasteiger partial charge in [-0.1, -0.05) is 170 Å². The number of aryl methyl sites for hydroxylation is 2. The van der Waals surface area contributed by atoms with Crippen molar-refractivity contribution < 1.29 is 94.8 Å². The number of carbonyl (C=O) groups excluding carboxylic acids is 1. The largest absolute Gasteiger partial charge is 0.504 e. The number of benzene rings is 6. The fourth-order valence-electron chi connectivity index (χ4n) is 5.53. The molecule has 0 aliphatic carbocycles. The molecule has 1 N–H and O–H groups in total. The zero-order valence-corrected chi connectivity index (χ0v) is 34.2. The van der Waals surface area contributed by atoms with E-state index in [1.807, 2.05) is 184 Å². The summed E-state index contributed by atoms with van der Waals surface area (Å²) < 4.78 is 96.1. The summed E-state index contributed by atoms with van der Waals surface area (Å²) in [6, 6.07) is 55.0. The summed E-state index contributed by atoms with van der Waals surface area (Å²) in [6.07, 6.45) is -11.7. The Hall–Kier alpha value is -3.85. The molecule has 56 heavy (non-hydrogen) atoms. The van der Waals surface area contributed by atoms with Crippen LogP contribution < -0.4 is 31.8 Å². The molecule has 0 unspecified atom stereocenters. The van der Waals surface area contributed by atoms with E-state index in [1.165, 1.54) is 0 Å². The third-order valence-electron chi connectivity index (χ3n) is 8.23. The number of hydrogen-bond acceptors (Lipinski definition) is 4. The number of halogens is 6. The van der Waals surface area contributed by atoms with Crippen LogP contribution in [0.25, 0.3) is 0 Å². The average molecular weight is 945 g/mol. The van der Waals surface area contributed by atoms with Crippen LogP contribution in [0.3, 0.4) is 0 Å². The molecule has 0 aliphatic rings. The van der Waals surface area contributed by atoms with Crippen molar-refractivity contribution in [1.82, 2.24) is 0 Å². The van der Waals surface area contributed by atoms with Gasteiger partial charge in [0.25, 0.3) is 5.78 Å². The third kappa shape index (κ3) is 11.6. The van der Waals surface area contributed by atoms with Crippen molar-refractivity contribution in [3.63, 3.8) is 0 Å². The van der Waals surface area contributed by atoms with Crippen molar-refractivity contribution in [3.8, 4) is 0 Å². The molecule has 0 aliphatic heterocycles. The van der Waals surface area contributed by atoms with E-state index < -0.39 is 44.3 Å². The molecule has 0 bridgehead atoms. The zero-order chi connectivity index (χ0) is 40.3. The van der Waals surface area contributed by atoms with E-state index in [9.17, 15) is 40.3 Å². The zero-order valence-electron chi connectivity index (χ0n) is 30.0. The number of alkyl halides is 6. The van der Waals surface area contributed by atoms with E-state index in [-0.39, 0.29) is 49.4 Å². The van der Waals surface area contributed by atoms with Crippen LogP contribution in [0.5, 0.6) is 0 Å². The maximum atomic E-state index is 14.0. The van der Waals surface area contributed by atoms with E-state index in [0.717, 1.165) is 43.0 Å². The molecule has 0 aromatic heterocycles. The number of aliphatic hydroxyl groups excluding tert-OH is 1. The number of ketones is 1. The van der Waals surface area contributed by atoms with E-state index in [4.69, 9.17) is 5.11 Å². The van der Waals surface area contributed by atoms with Crippen LogP contribution in [0.2, 0.25) is 0 Å². The fourth-order valence-corrected chi connectivity index (χ4v) is 11.3. The second-order valence-corrected chi connectivity index (χ2v) is 17.5. The van der Waals surface area contributed by atoms with Crippen molar-refractivity contribution in [3.05, 3.63) is 193 Å². The van der Waals surface area contributed by atoms with Crippen LogP contribution in [0.4, 0.5) is 26.3 Å². The van der Waals surface area contributed by atoms with E-state index in [0.29, 0.717) is 0 Å². The minimum Gasteiger partial charge on any atom is -0.504 e. The summed E-state index contributed by atoms with van der Waals surface area (Å²) in [7, 11) is -5.63. The van der Waals surface area contributed by atoms with E-state index >= 15 is 0 Å². The molecule has 0 amide bonds. The van der Waals surface area contributed by atoms with Gasteiger partial charge >= 0.3 is 12.4 Å². The van der Waals surface area contributed by atoms with Crippen LogP contribution in [0, 0.1) is 63.2 Å². The average Bonchev–Trinajstić information content (AvgIpc) is 3.19. The van der Waals surface area contributed by atoms with Gasteiger partial charge in [0.1, 0.15) is 0 Å². The Morgan fingerprint density at radius 2 is 0.714 bits per heavy atom. The second-order valence-electron chi connectivity index (χ2n) is 12.0. The Balaban J connectivity index is 0.000000231. The minimum absolute atomic E-state index is 0. The first-order valence-electron chi connectivity index (χ1n) is 16.6. The topological polar surface area (TPSA) is 71.4 Å². The Kier molecular flexibility index (Phi) is 17.1. The molecule has 0 saturated carbocycles. The molecule has 0 atom stereocenters. The molecule has 0 spiro atoms. The molecule has 291 valence electrons. The molecule has 0 saturated heterocycles. The predicted octanol–water partition coefficient (Wildman–Crippen LogP) is 9.39. The normalized spacial score (nSPS) is 11.8. The van der Waals surface area contributed by atoms with Crippen molar-refractivity contribution in [2.24, 2.45) is 0 Å². The van der Waals surface area contributed by atoms with Crippen molar-refractivity contribution >= 4 is 51.9 Å². The first kappa shape index (κ1) is 46.5. The van der Waals surface area contributed by atoms with Gasteiger partial charge in [-0.3, -0.25) is 4.79 Å². The van der Waals surface area contributed by atoms with Crippen molar-refractivity contribution in [2.75, 3.05) is 0 Å². The van der Waals surface area contributed by atoms with Crippen LogP contribution in [-0.2, 0) is 13.9 Å². The van der Waals surface area contributed by atoms with Gasteiger partial charge in [0.15, 0.2) is 14.3 Å². The molecule has 6 rings (SSSR count). The molecule has 0 heterocycles. The monoisotopic (exact) mass is 945 g/mol. The number of aliphatic hydroxyl groups is 1. The molecule has 13 heteroatoms. The minimum atomic E-state index is -5.42. The molecule has 6 aromatic rings.